The fourth-order valence-electron chi connectivity index (χ4n) is 2.79. The van der Waals surface area contributed by atoms with Crippen LogP contribution in [0.1, 0.15) is 53.0 Å². The molecular formula is C21H30O6. The van der Waals surface area contributed by atoms with Crippen molar-refractivity contribution in [2.75, 3.05) is 13.2 Å². The van der Waals surface area contributed by atoms with Crippen LogP contribution in [0.4, 0.5) is 0 Å². The molecule has 0 aliphatic heterocycles. The zero-order valence-corrected chi connectivity index (χ0v) is 16.9. The van der Waals surface area contributed by atoms with Crippen LogP contribution in [-0.2, 0) is 35.2 Å². The molecule has 0 aliphatic carbocycles. The van der Waals surface area contributed by atoms with Gasteiger partial charge < -0.3 is 14.2 Å². The molecule has 0 N–H and O–H groups in total. The van der Waals surface area contributed by atoms with Gasteiger partial charge in [0.25, 0.3) is 0 Å². The van der Waals surface area contributed by atoms with Gasteiger partial charge in [-0.2, -0.15) is 0 Å². The lowest BCUT2D eigenvalue weighted by atomic mass is 9.72. The van der Waals surface area contributed by atoms with Crippen LogP contribution in [0.25, 0.3) is 0 Å². The van der Waals surface area contributed by atoms with E-state index in [2.05, 4.69) is 0 Å². The third-order valence-electron chi connectivity index (χ3n) is 4.50. The smallest absolute Gasteiger partial charge is 0.344 e. The number of hydrogen-bond acceptors (Lipinski definition) is 6. The molecule has 0 amide bonds. The van der Waals surface area contributed by atoms with Crippen LogP contribution in [0.5, 0.6) is 0 Å². The molecule has 1 aromatic carbocycles. The van der Waals surface area contributed by atoms with Crippen LogP contribution in [-0.4, -0.2) is 31.1 Å². The number of ether oxygens (including phenoxy) is 3. The topological polar surface area (TPSA) is 78.9 Å². The number of carbonyl (C=O) groups is 3. The lowest BCUT2D eigenvalue weighted by molar-refractivity contribution is -0.169. The van der Waals surface area contributed by atoms with Crippen LogP contribution in [0, 0.1) is 10.8 Å². The highest BCUT2D eigenvalue weighted by Crippen LogP contribution is 2.38. The molecule has 1 rings (SSSR count). The molecule has 0 bridgehead atoms. The number of esters is 3. The van der Waals surface area contributed by atoms with Gasteiger partial charge in [0, 0.05) is 0 Å². The molecule has 1 aromatic rings. The predicted octanol–water partition coefficient (Wildman–Crippen LogP) is 3.67. The predicted molar refractivity (Wildman–Crippen MR) is 101 cm³/mol. The lowest BCUT2D eigenvalue weighted by Crippen LogP contribution is -2.39. The first-order valence-corrected chi connectivity index (χ1v) is 9.18. The second-order valence-electron chi connectivity index (χ2n) is 7.42. The minimum atomic E-state index is -0.907. The Morgan fingerprint density at radius 2 is 1.52 bits per heavy atom. The standard InChI is InChI=1S/C21H30O6/c1-6-21(5,15-20(3,4)18(23)25-7-2)19(24)27-14-17(22)26-13-16-11-9-8-10-12-16/h8-12H,6-7,13-15H2,1-5H3. The molecular weight excluding hydrogens is 348 g/mol. The Kier molecular flexibility index (Phi) is 8.47. The summed E-state index contributed by atoms with van der Waals surface area (Å²) in [5, 5.41) is 0. The third-order valence-corrected chi connectivity index (χ3v) is 4.50. The van der Waals surface area contributed by atoms with E-state index in [1.807, 2.05) is 37.3 Å². The van der Waals surface area contributed by atoms with E-state index in [-0.39, 0.29) is 25.6 Å². The van der Waals surface area contributed by atoms with Crippen LogP contribution >= 0.6 is 0 Å². The summed E-state index contributed by atoms with van der Waals surface area (Å²) < 4.78 is 15.4. The van der Waals surface area contributed by atoms with E-state index in [0.717, 1.165) is 5.56 Å². The molecule has 1 atom stereocenters. The van der Waals surface area contributed by atoms with Crippen LogP contribution in [0.3, 0.4) is 0 Å². The Labute approximate surface area is 161 Å². The van der Waals surface area contributed by atoms with Gasteiger partial charge in [0.15, 0.2) is 6.61 Å². The van der Waals surface area contributed by atoms with E-state index in [0.29, 0.717) is 6.42 Å². The van der Waals surface area contributed by atoms with Crippen molar-refractivity contribution in [2.24, 2.45) is 10.8 Å². The highest BCUT2D eigenvalue weighted by atomic mass is 16.6. The molecule has 0 radical (unpaired) electrons. The molecule has 6 heteroatoms. The van der Waals surface area contributed by atoms with E-state index in [4.69, 9.17) is 14.2 Å². The SMILES string of the molecule is CCOC(=O)C(C)(C)CC(C)(CC)C(=O)OCC(=O)OCc1ccccc1. The van der Waals surface area contributed by atoms with Gasteiger partial charge in [-0.25, -0.2) is 4.79 Å². The molecule has 0 fully saturated rings. The van der Waals surface area contributed by atoms with Crippen molar-refractivity contribution in [3.8, 4) is 0 Å². The molecule has 0 heterocycles. The lowest BCUT2D eigenvalue weighted by Gasteiger charge is -2.33. The summed E-state index contributed by atoms with van der Waals surface area (Å²) in [4.78, 5) is 36.5. The zero-order chi connectivity index (χ0) is 20.5. The number of hydrogen-bond donors (Lipinski definition) is 0. The minimum Gasteiger partial charge on any atom is -0.466 e. The van der Waals surface area contributed by atoms with Crippen molar-refractivity contribution in [3.05, 3.63) is 35.9 Å². The highest BCUT2D eigenvalue weighted by molar-refractivity contribution is 5.82. The van der Waals surface area contributed by atoms with E-state index < -0.39 is 29.4 Å². The van der Waals surface area contributed by atoms with Gasteiger partial charge in [-0.1, -0.05) is 37.3 Å². The summed E-state index contributed by atoms with van der Waals surface area (Å²) in [6.45, 7) is 8.73. The average molecular weight is 378 g/mol. The van der Waals surface area contributed by atoms with Crippen molar-refractivity contribution >= 4 is 17.9 Å². The fraction of sp³-hybridized carbons (Fsp3) is 0.571. The Bertz CT molecular complexity index is 637. The van der Waals surface area contributed by atoms with Gasteiger partial charge in [-0.15, -0.1) is 0 Å². The average Bonchev–Trinajstić information content (AvgIpc) is 2.64. The molecule has 27 heavy (non-hydrogen) atoms. The fourth-order valence-corrected chi connectivity index (χ4v) is 2.79. The molecule has 6 nitrogen and oxygen atoms in total. The van der Waals surface area contributed by atoms with Gasteiger partial charge in [0.05, 0.1) is 17.4 Å². The number of benzene rings is 1. The van der Waals surface area contributed by atoms with Crippen molar-refractivity contribution in [2.45, 2.75) is 54.1 Å². The summed E-state index contributed by atoms with van der Waals surface area (Å²) in [6.07, 6.45) is 0.723. The first kappa shape index (κ1) is 22.7. The number of rotatable bonds is 10. The Morgan fingerprint density at radius 1 is 0.889 bits per heavy atom. The minimum absolute atomic E-state index is 0.123. The van der Waals surface area contributed by atoms with E-state index in [9.17, 15) is 14.4 Å². The molecule has 0 spiro atoms. The zero-order valence-electron chi connectivity index (χ0n) is 16.9. The second-order valence-corrected chi connectivity index (χ2v) is 7.42. The van der Waals surface area contributed by atoms with E-state index >= 15 is 0 Å². The summed E-state index contributed by atoms with van der Waals surface area (Å²) in [7, 11) is 0. The summed E-state index contributed by atoms with van der Waals surface area (Å²) in [5.41, 5.74) is -0.893. The first-order valence-electron chi connectivity index (χ1n) is 9.18. The van der Waals surface area contributed by atoms with Crippen molar-refractivity contribution in [1.82, 2.24) is 0 Å². The number of carbonyl (C=O) groups excluding carboxylic acids is 3. The summed E-state index contributed by atoms with van der Waals surface area (Å²) in [5.74, 6) is -1.51. The van der Waals surface area contributed by atoms with Gasteiger partial charge in [-0.05, 0) is 46.1 Å². The second kappa shape index (κ2) is 10.1. The van der Waals surface area contributed by atoms with Gasteiger partial charge in [0.1, 0.15) is 6.61 Å². The summed E-state index contributed by atoms with van der Waals surface area (Å²) >= 11 is 0. The maximum atomic E-state index is 12.6. The van der Waals surface area contributed by atoms with Crippen molar-refractivity contribution in [1.29, 1.82) is 0 Å². The van der Waals surface area contributed by atoms with E-state index in [1.165, 1.54) is 0 Å². The van der Waals surface area contributed by atoms with Crippen molar-refractivity contribution in [3.63, 3.8) is 0 Å². The molecule has 150 valence electrons. The van der Waals surface area contributed by atoms with Gasteiger partial charge >= 0.3 is 17.9 Å². The largest absolute Gasteiger partial charge is 0.466 e. The quantitative estimate of drug-likeness (QED) is 0.457. The highest BCUT2D eigenvalue weighted by Gasteiger charge is 2.43. The van der Waals surface area contributed by atoms with Crippen LogP contribution in [0.2, 0.25) is 0 Å². The monoisotopic (exact) mass is 378 g/mol. The van der Waals surface area contributed by atoms with Crippen LogP contribution < -0.4 is 0 Å². The maximum Gasteiger partial charge on any atom is 0.344 e. The van der Waals surface area contributed by atoms with Gasteiger partial charge in [-0.3, -0.25) is 9.59 Å². The Hall–Kier alpha value is -2.37. The summed E-state index contributed by atoms with van der Waals surface area (Å²) in [6, 6.07) is 9.24. The van der Waals surface area contributed by atoms with E-state index in [1.54, 1.807) is 27.7 Å². The van der Waals surface area contributed by atoms with Crippen LogP contribution in [0.15, 0.2) is 30.3 Å². The first-order chi connectivity index (χ1) is 12.6. The molecule has 0 aromatic heterocycles. The van der Waals surface area contributed by atoms with Crippen molar-refractivity contribution < 1.29 is 28.6 Å². The molecule has 0 aliphatic rings. The molecule has 0 saturated carbocycles. The van der Waals surface area contributed by atoms with Gasteiger partial charge in [0.2, 0.25) is 0 Å². The maximum absolute atomic E-state index is 12.6. The Balaban J connectivity index is 2.58. The third kappa shape index (κ3) is 7.04. The molecule has 0 saturated heterocycles. The normalized spacial score (nSPS) is 13.4. The Morgan fingerprint density at radius 3 is 2.07 bits per heavy atom. The molecule has 1 unspecified atom stereocenters.